The molecular weight excluding hydrogens is 268 g/mol. The first-order valence-electron chi connectivity index (χ1n) is 6.21. The Morgan fingerprint density at radius 1 is 0.850 bits per heavy atom. The number of fused-ring (bicyclic) bond motifs is 2. The maximum absolute atomic E-state index is 4.24. The third kappa shape index (κ3) is 1.83. The van der Waals surface area contributed by atoms with E-state index in [1.807, 2.05) is 24.3 Å². The average molecular weight is 278 g/mol. The molecule has 20 heavy (non-hydrogen) atoms. The summed E-state index contributed by atoms with van der Waals surface area (Å²) in [4.78, 5) is 14.8. The molecule has 2 heterocycles. The van der Waals surface area contributed by atoms with Gasteiger partial charge in [-0.3, -0.25) is 0 Å². The Labute approximate surface area is 120 Å². The van der Waals surface area contributed by atoms with Gasteiger partial charge in [0.1, 0.15) is 12.7 Å². The van der Waals surface area contributed by atoms with E-state index in [4.69, 9.17) is 0 Å². The van der Waals surface area contributed by atoms with E-state index in [9.17, 15) is 0 Å². The van der Waals surface area contributed by atoms with Crippen LogP contribution in [0.25, 0.3) is 11.4 Å². The van der Waals surface area contributed by atoms with Gasteiger partial charge in [-0.2, -0.15) is 0 Å². The Morgan fingerprint density at radius 3 is 2.55 bits per heavy atom. The van der Waals surface area contributed by atoms with Crippen molar-refractivity contribution < 1.29 is 0 Å². The van der Waals surface area contributed by atoms with Gasteiger partial charge in [0.25, 0.3) is 0 Å². The molecule has 0 saturated carbocycles. The molecule has 1 aliphatic heterocycles. The molecule has 0 radical (unpaired) electrons. The summed E-state index contributed by atoms with van der Waals surface area (Å²) >= 11 is 1.76. The van der Waals surface area contributed by atoms with E-state index < -0.39 is 0 Å². The molecule has 3 aromatic rings. The summed E-state index contributed by atoms with van der Waals surface area (Å²) in [6.07, 6.45) is 3.04. The highest BCUT2D eigenvalue weighted by Gasteiger charge is 2.19. The summed E-state index contributed by atoms with van der Waals surface area (Å²) in [6, 6.07) is 14.4. The summed E-state index contributed by atoms with van der Waals surface area (Å²) < 4.78 is 0. The van der Waals surface area contributed by atoms with Crippen molar-refractivity contribution in [3.8, 4) is 11.4 Å². The number of anilines is 2. The summed E-state index contributed by atoms with van der Waals surface area (Å²) in [7, 11) is 0. The van der Waals surface area contributed by atoms with E-state index in [1.54, 1.807) is 11.8 Å². The Hall–Kier alpha value is -2.40. The van der Waals surface area contributed by atoms with Crippen LogP contribution in [0.15, 0.2) is 64.9 Å². The van der Waals surface area contributed by atoms with Gasteiger partial charge in [0.15, 0.2) is 5.82 Å². The highest BCUT2D eigenvalue weighted by Crippen LogP contribution is 2.46. The first-order chi connectivity index (χ1) is 9.92. The number of para-hydroxylation sites is 2. The van der Waals surface area contributed by atoms with Crippen LogP contribution in [0.3, 0.4) is 0 Å². The van der Waals surface area contributed by atoms with Gasteiger partial charge in [0.2, 0.25) is 0 Å². The van der Waals surface area contributed by atoms with Crippen molar-refractivity contribution in [1.29, 1.82) is 0 Å². The predicted octanol–water partition coefficient (Wildman–Crippen LogP) is 3.75. The van der Waals surface area contributed by atoms with Crippen LogP contribution < -0.4 is 5.32 Å². The minimum Gasteiger partial charge on any atom is -0.353 e. The molecule has 0 atom stereocenters. The first-order valence-corrected chi connectivity index (χ1v) is 7.03. The van der Waals surface area contributed by atoms with Crippen LogP contribution in [0.2, 0.25) is 0 Å². The monoisotopic (exact) mass is 278 g/mol. The van der Waals surface area contributed by atoms with E-state index >= 15 is 0 Å². The van der Waals surface area contributed by atoms with Crippen molar-refractivity contribution in [3.05, 3.63) is 55.1 Å². The lowest BCUT2D eigenvalue weighted by Gasteiger charge is -2.22. The second kappa shape index (κ2) is 4.61. The topological polar surface area (TPSA) is 50.7 Å². The molecule has 4 nitrogen and oxygen atoms in total. The summed E-state index contributed by atoms with van der Waals surface area (Å²) in [5.74, 6) is 0.685. The fourth-order valence-electron chi connectivity index (χ4n) is 2.22. The Kier molecular flexibility index (Phi) is 2.63. The van der Waals surface area contributed by atoms with Crippen molar-refractivity contribution in [2.45, 2.75) is 9.79 Å². The molecule has 4 rings (SSSR count). The van der Waals surface area contributed by atoms with Crippen molar-refractivity contribution in [1.82, 2.24) is 15.0 Å². The zero-order chi connectivity index (χ0) is 13.4. The lowest BCUT2D eigenvalue weighted by atomic mass is 10.1. The standard InChI is InChI=1S/C15H10N4S/c1-2-6-12-11(5-1)19-14-10(4-3-7-13(14)20-12)15-17-8-16-9-18-15/h1-9,19H. The van der Waals surface area contributed by atoms with Crippen LogP contribution in [-0.2, 0) is 0 Å². The number of benzene rings is 2. The fraction of sp³-hybridized carbons (Fsp3) is 0. The molecule has 1 aromatic heterocycles. The molecule has 0 spiro atoms. The maximum Gasteiger partial charge on any atom is 0.164 e. The van der Waals surface area contributed by atoms with E-state index in [2.05, 4.69) is 38.5 Å². The maximum atomic E-state index is 4.24. The fourth-order valence-corrected chi connectivity index (χ4v) is 3.24. The average Bonchev–Trinajstić information content (AvgIpc) is 2.53. The zero-order valence-electron chi connectivity index (χ0n) is 10.4. The van der Waals surface area contributed by atoms with E-state index in [1.165, 1.54) is 22.4 Å². The van der Waals surface area contributed by atoms with Gasteiger partial charge in [-0.1, -0.05) is 30.0 Å². The van der Waals surface area contributed by atoms with Gasteiger partial charge >= 0.3 is 0 Å². The SMILES string of the molecule is c1ccc2c(c1)Nc1c(cccc1-c1ncncn1)S2. The Bertz CT molecular complexity index is 774. The lowest BCUT2D eigenvalue weighted by molar-refractivity contribution is 1.05. The molecular formula is C15H10N4S. The molecule has 0 bridgehead atoms. The number of aromatic nitrogens is 3. The van der Waals surface area contributed by atoms with Crippen LogP contribution in [0.1, 0.15) is 0 Å². The third-order valence-electron chi connectivity index (χ3n) is 3.13. The van der Waals surface area contributed by atoms with Gasteiger partial charge in [0.05, 0.1) is 11.4 Å². The van der Waals surface area contributed by atoms with E-state index in [-0.39, 0.29) is 0 Å². The van der Waals surface area contributed by atoms with Crippen LogP contribution in [0, 0.1) is 0 Å². The number of rotatable bonds is 1. The molecule has 0 saturated heterocycles. The van der Waals surface area contributed by atoms with Gasteiger partial charge in [-0.25, -0.2) is 15.0 Å². The van der Waals surface area contributed by atoms with Crippen molar-refractivity contribution in [2.75, 3.05) is 5.32 Å². The second-order valence-corrected chi connectivity index (χ2v) is 5.45. The highest BCUT2D eigenvalue weighted by molar-refractivity contribution is 7.99. The molecule has 0 fully saturated rings. The molecule has 0 amide bonds. The van der Waals surface area contributed by atoms with Crippen LogP contribution in [-0.4, -0.2) is 15.0 Å². The molecule has 1 aliphatic rings. The molecule has 5 heteroatoms. The number of nitrogens with zero attached hydrogens (tertiary/aromatic N) is 3. The van der Waals surface area contributed by atoms with Crippen LogP contribution in [0.5, 0.6) is 0 Å². The summed E-state index contributed by atoms with van der Waals surface area (Å²) in [5.41, 5.74) is 3.17. The zero-order valence-corrected chi connectivity index (χ0v) is 11.3. The molecule has 2 aromatic carbocycles. The van der Waals surface area contributed by atoms with E-state index in [0.29, 0.717) is 5.82 Å². The quantitative estimate of drug-likeness (QED) is 0.574. The lowest BCUT2D eigenvalue weighted by Crippen LogP contribution is -2.02. The number of nitrogens with one attached hydrogen (secondary N) is 1. The minimum absolute atomic E-state index is 0.685. The van der Waals surface area contributed by atoms with E-state index in [0.717, 1.165) is 16.9 Å². The molecule has 1 N–H and O–H groups in total. The number of hydrogen-bond acceptors (Lipinski definition) is 5. The molecule has 0 aliphatic carbocycles. The Balaban J connectivity index is 1.87. The van der Waals surface area contributed by atoms with Crippen molar-refractivity contribution >= 4 is 23.1 Å². The van der Waals surface area contributed by atoms with Crippen LogP contribution in [0.4, 0.5) is 11.4 Å². The van der Waals surface area contributed by atoms with Gasteiger partial charge in [-0.05, 0) is 24.3 Å². The highest BCUT2D eigenvalue weighted by atomic mass is 32.2. The normalized spacial score (nSPS) is 12.2. The predicted molar refractivity (Wildman–Crippen MR) is 79.1 cm³/mol. The largest absolute Gasteiger partial charge is 0.353 e. The number of hydrogen-bond donors (Lipinski definition) is 1. The van der Waals surface area contributed by atoms with Crippen molar-refractivity contribution in [2.24, 2.45) is 0 Å². The minimum atomic E-state index is 0.685. The third-order valence-corrected chi connectivity index (χ3v) is 4.26. The van der Waals surface area contributed by atoms with Gasteiger partial charge in [0, 0.05) is 15.4 Å². The smallest absolute Gasteiger partial charge is 0.164 e. The van der Waals surface area contributed by atoms with Gasteiger partial charge < -0.3 is 5.32 Å². The summed E-state index contributed by atoms with van der Waals surface area (Å²) in [5, 5.41) is 3.49. The molecule has 96 valence electrons. The van der Waals surface area contributed by atoms with Crippen LogP contribution >= 0.6 is 11.8 Å². The summed E-state index contributed by atoms with van der Waals surface area (Å²) in [6.45, 7) is 0. The second-order valence-electron chi connectivity index (χ2n) is 4.36. The van der Waals surface area contributed by atoms with Gasteiger partial charge in [-0.15, -0.1) is 0 Å². The first kappa shape index (κ1) is 11.4. The molecule has 0 unspecified atom stereocenters. The van der Waals surface area contributed by atoms with Crippen molar-refractivity contribution in [3.63, 3.8) is 0 Å². The Morgan fingerprint density at radius 2 is 1.65 bits per heavy atom.